The van der Waals surface area contributed by atoms with E-state index in [2.05, 4.69) is 10.0 Å². The number of nitrogens with one attached hydrogen (secondary N) is 2. The third-order valence-electron chi connectivity index (χ3n) is 6.41. The molecule has 1 heterocycles. The molecule has 0 bridgehead atoms. The van der Waals surface area contributed by atoms with Crippen LogP contribution in [0.3, 0.4) is 0 Å². The summed E-state index contributed by atoms with van der Waals surface area (Å²) in [5.41, 5.74) is 1.63. The Morgan fingerprint density at radius 3 is 2.36 bits per heavy atom. The molecule has 4 rings (SSSR count). The fraction of sp³-hybridized carbons (Fsp3) is 0.310. The van der Waals surface area contributed by atoms with Crippen LogP contribution in [-0.2, 0) is 30.9 Å². The number of esters is 1. The van der Waals surface area contributed by atoms with Crippen LogP contribution in [-0.4, -0.2) is 79.1 Å². The van der Waals surface area contributed by atoms with E-state index in [0.717, 1.165) is 11.8 Å². The van der Waals surface area contributed by atoms with Gasteiger partial charge in [0.25, 0.3) is 0 Å². The number of hydrogen-bond donors (Lipinski definition) is 5. The highest BCUT2D eigenvalue weighted by atomic mass is 32.2. The van der Waals surface area contributed by atoms with Crippen molar-refractivity contribution in [2.75, 3.05) is 17.6 Å². The minimum absolute atomic E-state index is 0.0154. The smallest absolute Gasteiger partial charge is 0.339 e. The van der Waals surface area contributed by atoms with Gasteiger partial charge in [-0.25, -0.2) is 13.2 Å². The van der Waals surface area contributed by atoms with Crippen LogP contribution in [0.2, 0.25) is 0 Å². The molecule has 3 aromatic carbocycles. The minimum atomic E-state index is -3.62. The molecule has 5 N–H and O–H groups in total. The molecule has 5 atom stereocenters. The predicted molar refractivity (Wildman–Crippen MR) is 152 cm³/mol. The van der Waals surface area contributed by atoms with Gasteiger partial charge in [0, 0.05) is 18.2 Å². The second-order valence-corrected chi connectivity index (χ2v) is 11.5. The van der Waals surface area contributed by atoms with Crippen molar-refractivity contribution in [3.05, 3.63) is 83.9 Å². The van der Waals surface area contributed by atoms with E-state index in [4.69, 9.17) is 14.2 Å². The summed E-state index contributed by atoms with van der Waals surface area (Å²) in [4.78, 5) is 25.3. The quantitative estimate of drug-likeness (QED) is 0.214. The van der Waals surface area contributed by atoms with Gasteiger partial charge in [0.15, 0.2) is 0 Å². The van der Waals surface area contributed by atoms with Gasteiger partial charge < -0.3 is 34.8 Å². The van der Waals surface area contributed by atoms with E-state index in [9.17, 15) is 33.3 Å². The predicted octanol–water partition coefficient (Wildman–Crippen LogP) is 1.40. The van der Waals surface area contributed by atoms with Gasteiger partial charge in [-0.05, 0) is 35.4 Å². The topological polar surface area (TPSA) is 181 Å². The number of hydrogen-bond acceptors (Lipinski definition) is 10. The molecule has 1 aliphatic rings. The molecular formula is C29H32N2O10S. The van der Waals surface area contributed by atoms with E-state index < -0.39 is 59.2 Å². The first-order valence-corrected chi connectivity index (χ1v) is 14.8. The maximum atomic E-state index is 13.4. The van der Waals surface area contributed by atoms with E-state index in [1.54, 1.807) is 24.3 Å². The van der Waals surface area contributed by atoms with Crippen LogP contribution < -0.4 is 14.8 Å². The highest BCUT2D eigenvalue weighted by Crippen LogP contribution is 2.37. The van der Waals surface area contributed by atoms with E-state index in [-0.39, 0.29) is 29.2 Å². The summed E-state index contributed by atoms with van der Waals surface area (Å²) < 4.78 is 43.6. The fourth-order valence-electron chi connectivity index (χ4n) is 4.55. The van der Waals surface area contributed by atoms with E-state index in [0.29, 0.717) is 5.56 Å². The molecule has 0 saturated carbocycles. The summed E-state index contributed by atoms with van der Waals surface area (Å²) in [6.07, 6.45) is -4.72. The summed E-state index contributed by atoms with van der Waals surface area (Å²) in [6, 6.07) is 18.6. The number of amides is 1. The lowest BCUT2D eigenvalue weighted by molar-refractivity contribution is -0.244. The highest BCUT2D eigenvalue weighted by Gasteiger charge is 2.46. The second-order valence-electron chi connectivity index (χ2n) is 9.75. The maximum absolute atomic E-state index is 13.4. The Labute approximate surface area is 242 Å². The number of rotatable bonds is 10. The summed E-state index contributed by atoms with van der Waals surface area (Å²) in [5.74, 6) is -1.18. The molecule has 1 saturated heterocycles. The van der Waals surface area contributed by atoms with Crippen LogP contribution in [0.4, 0.5) is 5.69 Å². The number of benzene rings is 3. The van der Waals surface area contributed by atoms with Crippen LogP contribution in [0.25, 0.3) is 11.1 Å². The first-order chi connectivity index (χ1) is 20.0. The van der Waals surface area contributed by atoms with Crippen molar-refractivity contribution in [2.45, 2.75) is 44.2 Å². The fourth-order valence-corrected chi connectivity index (χ4v) is 5.10. The lowest BCUT2D eigenvalue weighted by atomic mass is 9.96. The molecule has 13 heteroatoms. The van der Waals surface area contributed by atoms with Crippen LogP contribution in [0.1, 0.15) is 22.8 Å². The molecule has 0 radical (unpaired) electrons. The minimum Gasteiger partial charge on any atom is -0.462 e. The monoisotopic (exact) mass is 600 g/mol. The zero-order chi connectivity index (χ0) is 30.4. The standard InChI is InChI=1S/C29H32N2O10S/c1-17(33)30-25-27(35)26(34)23(15-32)41-29(25)40-22-13-7-12-21(28(36)39-16-18-8-4-3-5-9-18)24(22)19-10-6-11-20(14-19)31-42(2,37)38/h3-14,23,25-27,29,31-32,34-35H,15-16H2,1-2H3,(H,30,33). The van der Waals surface area contributed by atoms with Crippen LogP contribution in [0, 0.1) is 0 Å². The lowest BCUT2D eigenvalue weighted by Gasteiger charge is -2.42. The van der Waals surface area contributed by atoms with Gasteiger partial charge >= 0.3 is 5.97 Å². The molecular weight excluding hydrogens is 568 g/mol. The molecule has 1 aliphatic heterocycles. The lowest BCUT2D eigenvalue weighted by Crippen LogP contribution is -2.65. The van der Waals surface area contributed by atoms with Gasteiger partial charge in [0.2, 0.25) is 22.2 Å². The third-order valence-corrected chi connectivity index (χ3v) is 7.01. The maximum Gasteiger partial charge on any atom is 0.339 e. The normalized spacial score (nSPS) is 22.2. The number of aliphatic hydroxyl groups excluding tert-OH is 3. The SMILES string of the molecule is CC(=O)NC1C(Oc2cccc(C(=O)OCc3ccccc3)c2-c2cccc(NS(C)(=O)=O)c2)OC(CO)C(O)C1O. The van der Waals surface area contributed by atoms with Crippen molar-refractivity contribution in [1.29, 1.82) is 0 Å². The van der Waals surface area contributed by atoms with E-state index in [1.165, 1.54) is 37.3 Å². The average molecular weight is 601 g/mol. The van der Waals surface area contributed by atoms with E-state index >= 15 is 0 Å². The number of aliphatic hydroxyl groups is 3. The summed E-state index contributed by atoms with van der Waals surface area (Å²) >= 11 is 0. The Morgan fingerprint density at radius 2 is 1.69 bits per heavy atom. The first kappa shape index (κ1) is 30.9. The van der Waals surface area contributed by atoms with Gasteiger partial charge in [0.1, 0.15) is 36.7 Å². The zero-order valence-corrected chi connectivity index (χ0v) is 23.7. The van der Waals surface area contributed by atoms with Crippen LogP contribution in [0.15, 0.2) is 72.8 Å². The van der Waals surface area contributed by atoms with Gasteiger partial charge in [-0.2, -0.15) is 0 Å². The number of sulfonamides is 1. The summed E-state index contributed by atoms with van der Waals surface area (Å²) in [5, 5.41) is 33.3. The van der Waals surface area contributed by atoms with Crippen LogP contribution >= 0.6 is 0 Å². The average Bonchev–Trinajstić information content (AvgIpc) is 2.95. The molecule has 1 fully saturated rings. The highest BCUT2D eigenvalue weighted by molar-refractivity contribution is 7.92. The second kappa shape index (κ2) is 13.3. The van der Waals surface area contributed by atoms with E-state index in [1.807, 2.05) is 18.2 Å². The zero-order valence-electron chi connectivity index (χ0n) is 22.8. The van der Waals surface area contributed by atoms with Crippen molar-refractivity contribution in [3.8, 4) is 16.9 Å². The Balaban J connectivity index is 1.77. The molecule has 42 heavy (non-hydrogen) atoms. The van der Waals surface area contributed by atoms with Gasteiger partial charge in [0.05, 0.1) is 18.4 Å². The largest absolute Gasteiger partial charge is 0.462 e. The number of carbonyl (C=O) groups excluding carboxylic acids is 2. The third kappa shape index (κ3) is 7.63. The number of ether oxygens (including phenoxy) is 3. The summed E-state index contributed by atoms with van der Waals surface area (Å²) in [7, 11) is -3.62. The first-order valence-electron chi connectivity index (χ1n) is 13.0. The Kier molecular flexibility index (Phi) is 9.81. The molecule has 12 nitrogen and oxygen atoms in total. The Bertz CT molecular complexity index is 1520. The van der Waals surface area contributed by atoms with Crippen molar-refractivity contribution in [1.82, 2.24) is 5.32 Å². The summed E-state index contributed by atoms with van der Waals surface area (Å²) in [6.45, 7) is 0.546. The molecule has 0 aromatic heterocycles. The molecule has 3 aromatic rings. The molecule has 1 amide bonds. The Hall–Kier alpha value is -4.01. The molecule has 0 aliphatic carbocycles. The van der Waals surface area contributed by atoms with Crippen molar-refractivity contribution in [3.63, 3.8) is 0 Å². The molecule has 224 valence electrons. The molecule has 5 unspecified atom stereocenters. The van der Waals surface area contributed by atoms with Gasteiger partial charge in [-0.1, -0.05) is 48.5 Å². The van der Waals surface area contributed by atoms with Gasteiger partial charge in [-0.15, -0.1) is 0 Å². The van der Waals surface area contributed by atoms with Crippen LogP contribution in [0.5, 0.6) is 5.75 Å². The number of anilines is 1. The van der Waals surface area contributed by atoms with Crippen molar-refractivity contribution >= 4 is 27.6 Å². The molecule has 0 spiro atoms. The van der Waals surface area contributed by atoms with Crippen molar-refractivity contribution < 1.29 is 47.5 Å². The van der Waals surface area contributed by atoms with Crippen molar-refractivity contribution in [2.24, 2.45) is 0 Å². The van der Waals surface area contributed by atoms with Gasteiger partial charge in [-0.3, -0.25) is 9.52 Å². The number of carbonyl (C=O) groups is 2. The Morgan fingerprint density at radius 1 is 0.976 bits per heavy atom.